The molecule has 2 aliphatic heterocycles. The molecule has 78 valence electrons. The van der Waals surface area contributed by atoms with Crippen molar-refractivity contribution in [1.29, 1.82) is 0 Å². The third-order valence-corrected chi connectivity index (χ3v) is 3.56. The summed E-state index contributed by atoms with van der Waals surface area (Å²) >= 11 is 0. The van der Waals surface area contributed by atoms with Crippen LogP contribution >= 0.6 is 7.60 Å². The van der Waals surface area contributed by atoms with Gasteiger partial charge in [0.25, 0.3) is 0 Å². The highest BCUT2D eigenvalue weighted by molar-refractivity contribution is 7.53. The number of fused-ring (bicyclic) bond motifs is 1. The normalized spacial score (nSPS) is 52.1. The lowest BCUT2D eigenvalue weighted by atomic mass is 9.93. The van der Waals surface area contributed by atoms with E-state index >= 15 is 0 Å². The molecule has 0 bridgehead atoms. The van der Waals surface area contributed by atoms with E-state index in [1.165, 1.54) is 6.66 Å². The second-order valence-corrected chi connectivity index (χ2v) is 5.47. The minimum Gasteiger partial charge on any atom is -0.382 e. The molecule has 0 amide bonds. The van der Waals surface area contributed by atoms with Crippen molar-refractivity contribution in [2.24, 2.45) is 0 Å². The van der Waals surface area contributed by atoms with Gasteiger partial charge in [0.2, 0.25) is 0 Å². The predicted octanol–water partition coefficient (Wildman–Crippen LogP) is 0.133. The van der Waals surface area contributed by atoms with Crippen molar-refractivity contribution < 1.29 is 23.1 Å². The van der Waals surface area contributed by atoms with E-state index < -0.39 is 19.7 Å². The first-order valence-corrected chi connectivity index (χ1v) is 6.37. The quantitative estimate of drug-likeness (QED) is 0.487. The van der Waals surface area contributed by atoms with Gasteiger partial charge in [-0.15, -0.1) is 0 Å². The first-order valence-electron chi connectivity index (χ1n) is 4.38. The minimum absolute atomic E-state index is 0.296. The van der Waals surface area contributed by atoms with Gasteiger partial charge in [-0.25, -0.2) is 0 Å². The zero-order chi connectivity index (χ0) is 10.3. The van der Waals surface area contributed by atoms with Gasteiger partial charge in [0.1, 0.15) is 26.2 Å². The van der Waals surface area contributed by atoms with Crippen LogP contribution in [0.5, 0.6) is 0 Å². The van der Waals surface area contributed by atoms with Gasteiger partial charge >= 0.3 is 7.60 Å². The molecule has 0 aliphatic carbocycles. The molecule has 5 atom stereocenters. The van der Waals surface area contributed by atoms with Gasteiger partial charge in [0.15, 0.2) is 0 Å². The smallest absolute Gasteiger partial charge is 0.328 e. The largest absolute Gasteiger partial charge is 0.382 e. The molecule has 2 rings (SSSR count). The van der Waals surface area contributed by atoms with Crippen molar-refractivity contribution in [1.82, 2.24) is 0 Å². The fourth-order valence-corrected chi connectivity index (χ4v) is 3.20. The molecule has 0 aromatic carbocycles. The Balaban J connectivity index is 2.10. The summed E-state index contributed by atoms with van der Waals surface area (Å²) in [4.78, 5) is 0. The predicted molar refractivity (Wildman–Crippen MR) is 49.6 cm³/mol. The Bertz CT molecular complexity index is 273. The second kappa shape index (κ2) is 3.61. The summed E-state index contributed by atoms with van der Waals surface area (Å²) in [5, 5.41) is 0. The first-order chi connectivity index (χ1) is 6.53. The summed E-state index contributed by atoms with van der Waals surface area (Å²) in [6.07, 6.45) is -1.11. The molecule has 0 N–H and O–H groups in total. The lowest BCUT2D eigenvalue weighted by Crippen LogP contribution is -2.31. The standard InChI is InChI=1S/C7H12BO5P/c1-10-3-4-5-6(7(8)11-4)13-14(2,9)12-5/h4-7H,3H2,1-2H3/t4-,5?,6+,7-,14?/m1/s1. The average Bonchev–Trinajstić information content (AvgIpc) is 2.51. The summed E-state index contributed by atoms with van der Waals surface area (Å²) in [6.45, 7) is 1.79. The van der Waals surface area contributed by atoms with E-state index in [1.807, 2.05) is 0 Å². The van der Waals surface area contributed by atoms with E-state index in [2.05, 4.69) is 0 Å². The van der Waals surface area contributed by atoms with Gasteiger partial charge in [-0.05, 0) is 0 Å². The SMILES string of the molecule is [B][C@@H]1O[C@H](COC)C2OP(C)(=O)O[C@@H]21. The maximum atomic E-state index is 11.5. The number of ether oxygens (including phenoxy) is 2. The zero-order valence-corrected chi connectivity index (χ0v) is 8.98. The van der Waals surface area contributed by atoms with Gasteiger partial charge in [-0.2, -0.15) is 0 Å². The second-order valence-electron chi connectivity index (χ2n) is 3.51. The molecule has 0 spiro atoms. The van der Waals surface area contributed by atoms with Crippen molar-refractivity contribution >= 4 is 15.4 Å². The lowest BCUT2D eigenvalue weighted by Gasteiger charge is -2.16. The van der Waals surface area contributed by atoms with Gasteiger partial charge in [-0.1, -0.05) is 0 Å². The van der Waals surface area contributed by atoms with Crippen molar-refractivity contribution in [2.75, 3.05) is 20.4 Å². The number of hydrogen-bond acceptors (Lipinski definition) is 5. The van der Waals surface area contributed by atoms with Crippen LogP contribution in [0.3, 0.4) is 0 Å². The maximum Gasteiger partial charge on any atom is 0.328 e. The Kier molecular flexibility index (Phi) is 2.75. The highest BCUT2D eigenvalue weighted by Crippen LogP contribution is 2.56. The number of rotatable bonds is 2. The summed E-state index contributed by atoms with van der Waals surface area (Å²) in [6, 6.07) is -0.587. The molecular weight excluding hydrogens is 206 g/mol. The van der Waals surface area contributed by atoms with Crippen molar-refractivity contribution in [3.63, 3.8) is 0 Å². The highest BCUT2D eigenvalue weighted by Gasteiger charge is 2.53. The molecule has 0 aromatic rings. The zero-order valence-electron chi connectivity index (χ0n) is 8.08. The monoisotopic (exact) mass is 218 g/mol. The van der Waals surface area contributed by atoms with Crippen molar-refractivity contribution in [2.45, 2.75) is 24.3 Å². The Labute approximate surface area is 84.0 Å². The van der Waals surface area contributed by atoms with Crippen LogP contribution in [0.2, 0.25) is 0 Å². The third kappa shape index (κ3) is 1.77. The summed E-state index contributed by atoms with van der Waals surface area (Å²) in [5.74, 6) is 0. The van der Waals surface area contributed by atoms with E-state index in [0.29, 0.717) is 6.61 Å². The fourth-order valence-electron chi connectivity index (χ4n) is 1.77. The summed E-state index contributed by atoms with van der Waals surface area (Å²) in [5.41, 5.74) is 0. The molecule has 2 saturated heterocycles. The van der Waals surface area contributed by atoms with Crippen LogP contribution in [-0.4, -0.2) is 52.5 Å². The van der Waals surface area contributed by atoms with E-state index in [4.69, 9.17) is 26.4 Å². The highest BCUT2D eigenvalue weighted by atomic mass is 31.2. The van der Waals surface area contributed by atoms with Crippen LogP contribution in [0, 0.1) is 0 Å². The van der Waals surface area contributed by atoms with Crippen molar-refractivity contribution in [3.8, 4) is 0 Å². The summed E-state index contributed by atoms with van der Waals surface area (Å²) < 4.78 is 32.3. The van der Waals surface area contributed by atoms with Gasteiger partial charge < -0.3 is 14.0 Å². The molecule has 2 heterocycles. The van der Waals surface area contributed by atoms with Crippen LogP contribution < -0.4 is 0 Å². The molecule has 5 nitrogen and oxygen atoms in total. The van der Waals surface area contributed by atoms with Crippen LogP contribution in [0.25, 0.3) is 0 Å². The Morgan fingerprint density at radius 2 is 2.07 bits per heavy atom. The Morgan fingerprint density at radius 3 is 2.71 bits per heavy atom. The van der Waals surface area contributed by atoms with E-state index in [9.17, 15) is 4.57 Å². The first kappa shape index (κ1) is 10.6. The number of hydrogen-bond donors (Lipinski definition) is 0. The third-order valence-electron chi connectivity index (χ3n) is 2.30. The Morgan fingerprint density at radius 1 is 1.43 bits per heavy atom. The molecule has 2 aliphatic rings. The molecule has 14 heavy (non-hydrogen) atoms. The van der Waals surface area contributed by atoms with E-state index in [0.717, 1.165) is 0 Å². The van der Waals surface area contributed by atoms with Gasteiger partial charge in [0.05, 0.1) is 6.61 Å². The van der Waals surface area contributed by atoms with Gasteiger partial charge in [0, 0.05) is 19.8 Å². The molecule has 0 aromatic heterocycles. The van der Waals surface area contributed by atoms with E-state index in [1.54, 1.807) is 7.11 Å². The molecule has 2 unspecified atom stereocenters. The van der Waals surface area contributed by atoms with E-state index in [-0.39, 0.29) is 12.2 Å². The van der Waals surface area contributed by atoms with Crippen LogP contribution in [0.15, 0.2) is 0 Å². The van der Waals surface area contributed by atoms with Crippen LogP contribution in [0.4, 0.5) is 0 Å². The van der Waals surface area contributed by atoms with Crippen molar-refractivity contribution in [3.05, 3.63) is 0 Å². The number of methoxy groups -OCH3 is 1. The lowest BCUT2D eigenvalue weighted by molar-refractivity contribution is -0.0117. The topological polar surface area (TPSA) is 54.0 Å². The molecular formula is C7H12BO5P. The molecule has 2 radical (unpaired) electrons. The average molecular weight is 218 g/mol. The maximum absolute atomic E-state index is 11.5. The minimum atomic E-state index is -2.93. The Hall–Kier alpha value is 0.135. The fraction of sp³-hybridized carbons (Fsp3) is 1.00. The molecule has 0 saturated carbocycles. The summed E-state index contributed by atoms with van der Waals surface area (Å²) in [7, 11) is 4.28. The van der Waals surface area contributed by atoms with Gasteiger partial charge in [-0.3, -0.25) is 9.09 Å². The van der Waals surface area contributed by atoms with Crippen LogP contribution in [-0.2, 0) is 23.1 Å². The molecule has 7 heteroatoms. The van der Waals surface area contributed by atoms with Crippen LogP contribution in [0.1, 0.15) is 0 Å². The molecule has 2 fully saturated rings.